The van der Waals surface area contributed by atoms with E-state index in [2.05, 4.69) is 11.0 Å². The van der Waals surface area contributed by atoms with Crippen LogP contribution in [0.4, 0.5) is 5.69 Å². The molecule has 0 radical (unpaired) electrons. The summed E-state index contributed by atoms with van der Waals surface area (Å²) in [5, 5.41) is 18.7. The number of carboxylic acid groups (broad SMARTS) is 1. The molecule has 1 atom stereocenters. The van der Waals surface area contributed by atoms with E-state index in [-0.39, 0.29) is 5.97 Å². The molecule has 0 aromatic heterocycles. The minimum Gasteiger partial charge on any atom is -0.481 e. The Kier molecular flexibility index (Phi) is 6.50. The maximum absolute atomic E-state index is 12.0. The van der Waals surface area contributed by atoms with Crippen molar-refractivity contribution in [3.8, 4) is 6.07 Å². The molecule has 0 amide bonds. The highest BCUT2D eigenvalue weighted by Crippen LogP contribution is 2.33. The molecule has 1 heterocycles. The summed E-state index contributed by atoms with van der Waals surface area (Å²) in [7, 11) is 0. The third-order valence-electron chi connectivity index (χ3n) is 5.11. The van der Waals surface area contributed by atoms with Crippen LogP contribution in [0.3, 0.4) is 0 Å². The van der Waals surface area contributed by atoms with Gasteiger partial charge in [-0.05, 0) is 48.6 Å². The number of hydrogen-bond acceptors (Lipinski definition) is 5. The monoisotopic (exact) mass is 392 g/mol. The number of nitriles is 1. The fraction of sp³-hybridized carbons (Fsp3) is 0.348. The molecule has 0 saturated heterocycles. The molecule has 29 heavy (non-hydrogen) atoms. The molecule has 0 spiro atoms. The van der Waals surface area contributed by atoms with Crippen LogP contribution >= 0.6 is 0 Å². The topological polar surface area (TPSA) is 90.6 Å². The van der Waals surface area contributed by atoms with Crippen molar-refractivity contribution < 1.29 is 19.4 Å². The molecule has 0 fully saturated rings. The summed E-state index contributed by atoms with van der Waals surface area (Å²) in [6.07, 6.45) is 1.90. The van der Waals surface area contributed by atoms with Crippen molar-refractivity contribution in [1.82, 2.24) is 0 Å². The number of nitrogens with zero attached hydrogens (tertiary/aromatic N) is 2. The molecular formula is C23H24N2O4. The van der Waals surface area contributed by atoms with Crippen molar-refractivity contribution in [1.29, 1.82) is 5.26 Å². The van der Waals surface area contributed by atoms with Crippen molar-refractivity contribution >= 4 is 17.6 Å². The quantitative estimate of drug-likeness (QED) is 0.547. The molecule has 1 aliphatic rings. The Morgan fingerprint density at radius 3 is 2.72 bits per heavy atom. The Balaban J connectivity index is 1.59. The molecule has 6 heteroatoms. The minimum absolute atomic E-state index is 0.315. The van der Waals surface area contributed by atoms with E-state index in [0.717, 1.165) is 29.8 Å². The second-order valence-corrected chi connectivity index (χ2v) is 7.30. The highest BCUT2D eigenvalue weighted by molar-refractivity contribution is 5.89. The molecule has 3 rings (SSSR count). The van der Waals surface area contributed by atoms with Gasteiger partial charge >= 0.3 is 11.9 Å². The van der Waals surface area contributed by atoms with Gasteiger partial charge in [-0.15, -0.1) is 0 Å². The Labute approximate surface area is 170 Å². The average Bonchev–Trinajstić information content (AvgIpc) is 3.14. The van der Waals surface area contributed by atoms with Crippen molar-refractivity contribution in [3.63, 3.8) is 0 Å². The molecule has 6 nitrogen and oxygen atoms in total. The fourth-order valence-electron chi connectivity index (χ4n) is 3.64. The van der Waals surface area contributed by atoms with E-state index < -0.39 is 11.9 Å². The Morgan fingerprint density at radius 2 is 2.03 bits per heavy atom. The standard InChI is InChI=1S/C23H24N2O4/c1-16(22(26)27)12-17-13-19-8-10-25(21(19)20(14-17)15-24)9-5-11-29-23(28)18-6-3-2-4-7-18/h2-4,6-7,13-14,16H,5,8-12H2,1H3,(H,26,27)/t16-/m1/s1. The predicted octanol–water partition coefficient (Wildman–Crippen LogP) is 3.43. The third kappa shape index (κ3) is 4.94. The van der Waals surface area contributed by atoms with Crippen LogP contribution in [0.15, 0.2) is 42.5 Å². The van der Waals surface area contributed by atoms with Gasteiger partial charge in [0.05, 0.1) is 29.3 Å². The van der Waals surface area contributed by atoms with Gasteiger partial charge < -0.3 is 14.7 Å². The van der Waals surface area contributed by atoms with Gasteiger partial charge in [-0.1, -0.05) is 31.2 Å². The van der Waals surface area contributed by atoms with Gasteiger partial charge in [-0.3, -0.25) is 4.79 Å². The van der Waals surface area contributed by atoms with Gasteiger partial charge in [0.25, 0.3) is 0 Å². The minimum atomic E-state index is -0.837. The van der Waals surface area contributed by atoms with Crippen molar-refractivity contribution in [2.45, 2.75) is 26.2 Å². The second kappa shape index (κ2) is 9.24. The molecule has 0 unspecified atom stereocenters. The van der Waals surface area contributed by atoms with Crippen LogP contribution in [0.1, 0.15) is 40.4 Å². The first-order chi connectivity index (χ1) is 14.0. The smallest absolute Gasteiger partial charge is 0.338 e. The highest BCUT2D eigenvalue weighted by Gasteiger charge is 2.24. The van der Waals surface area contributed by atoms with Crippen LogP contribution in [0.5, 0.6) is 0 Å². The van der Waals surface area contributed by atoms with E-state index >= 15 is 0 Å². The summed E-state index contributed by atoms with van der Waals surface area (Å²) < 4.78 is 5.33. The normalized spacial score (nSPS) is 13.4. The van der Waals surface area contributed by atoms with Gasteiger partial charge in [0.1, 0.15) is 6.07 Å². The SMILES string of the molecule is C[C@H](Cc1cc(C#N)c2c(c1)CCN2CCCOC(=O)c1ccccc1)C(=O)O. The summed E-state index contributed by atoms with van der Waals surface area (Å²) in [6, 6.07) is 15.0. The molecule has 2 aromatic rings. The van der Waals surface area contributed by atoms with Gasteiger partial charge in [-0.2, -0.15) is 5.26 Å². The second-order valence-electron chi connectivity index (χ2n) is 7.30. The number of aliphatic carboxylic acids is 1. The van der Waals surface area contributed by atoms with Crippen molar-refractivity contribution in [2.24, 2.45) is 5.92 Å². The van der Waals surface area contributed by atoms with Gasteiger partial charge in [0.2, 0.25) is 0 Å². The zero-order valence-electron chi connectivity index (χ0n) is 16.4. The van der Waals surface area contributed by atoms with Crippen LogP contribution in [0.25, 0.3) is 0 Å². The van der Waals surface area contributed by atoms with Gasteiger partial charge in [0.15, 0.2) is 0 Å². The molecular weight excluding hydrogens is 368 g/mol. The maximum atomic E-state index is 12.0. The number of hydrogen-bond donors (Lipinski definition) is 1. The first-order valence-corrected chi connectivity index (χ1v) is 9.75. The number of esters is 1. The third-order valence-corrected chi connectivity index (χ3v) is 5.11. The van der Waals surface area contributed by atoms with E-state index in [0.29, 0.717) is 37.1 Å². The van der Waals surface area contributed by atoms with Crippen molar-refractivity contribution in [3.05, 3.63) is 64.7 Å². The van der Waals surface area contributed by atoms with Crippen LogP contribution in [0, 0.1) is 17.2 Å². The van der Waals surface area contributed by atoms with Gasteiger partial charge in [-0.25, -0.2) is 4.79 Å². The van der Waals surface area contributed by atoms with E-state index in [9.17, 15) is 14.9 Å². The number of carbonyl (C=O) groups excluding carboxylic acids is 1. The maximum Gasteiger partial charge on any atom is 0.338 e. The number of carbonyl (C=O) groups is 2. The molecule has 150 valence electrons. The predicted molar refractivity (Wildman–Crippen MR) is 109 cm³/mol. The Bertz CT molecular complexity index is 934. The van der Waals surface area contributed by atoms with E-state index in [1.807, 2.05) is 12.1 Å². The molecule has 0 saturated carbocycles. The lowest BCUT2D eigenvalue weighted by Gasteiger charge is -2.21. The number of rotatable bonds is 8. The first-order valence-electron chi connectivity index (χ1n) is 9.75. The number of ether oxygens (including phenoxy) is 1. The highest BCUT2D eigenvalue weighted by atomic mass is 16.5. The summed E-state index contributed by atoms with van der Waals surface area (Å²) >= 11 is 0. The Morgan fingerprint density at radius 1 is 1.28 bits per heavy atom. The lowest BCUT2D eigenvalue weighted by atomic mass is 9.96. The lowest BCUT2D eigenvalue weighted by molar-refractivity contribution is -0.141. The summed E-state index contributed by atoms with van der Waals surface area (Å²) in [4.78, 5) is 25.3. The number of fused-ring (bicyclic) bond motifs is 1. The molecule has 0 aliphatic carbocycles. The fourth-order valence-corrected chi connectivity index (χ4v) is 3.64. The lowest BCUT2D eigenvalue weighted by Crippen LogP contribution is -2.24. The Hall–Kier alpha value is -3.33. The van der Waals surface area contributed by atoms with Crippen LogP contribution in [-0.2, 0) is 22.4 Å². The number of benzene rings is 2. The zero-order valence-corrected chi connectivity index (χ0v) is 16.4. The molecule has 1 aliphatic heterocycles. The van der Waals surface area contributed by atoms with E-state index in [4.69, 9.17) is 9.84 Å². The molecule has 1 N–H and O–H groups in total. The van der Waals surface area contributed by atoms with Crippen LogP contribution < -0.4 is 4.90 Å². The van der Waals surface area contributed by atoms with Crippen LogP contribution in [0.2, 0.25) is 0 Å². The first kappa shape index (κ1) is 20.4. The number of carboxylic acids is 1. The molecule has 0 bridgehead atoms. The summed E-state index contributed by atoms with van der Waals surface area (Å²) in [5.74, 6) is -1.66. The molecule has 2 aromatic carbocycles. The van der Waals surface area contributed by atoms with Gasteiger partial charge in [0, 0.05) is 13.1 Å². The largest absolute Gasteiger partial charge is 0.481 e. The average molecular weight is 392 g/mol. The summed E-state index contributed by atoms with van der Waals surface area (Å²) in [5.41, 5.74) is 4.00. The van der Waals surface area contributed by atoms with E-state index in [1.165, 1.54) is 0 Å². The number of anilines is 1. The zero-order chi connectivity index (χ0) is 20.8. The van der Waals surface area contributed by atoms with Crippen LogP contribution in [-0.4, -0.2) is 36.7 Å². The summed E-state index contributed by atoms with van der Waals surface area (Å²) in [6.45, 7) is 3.48. The van der Waals surface area contributed by atoms with E-state index in [1.54, 1.807) is 37.3 Å². The van der Waals surface area contributed by atoms with Crippen molar-refractivity contribution in [2.75, 3.05) is 24.6 Å².